The van der Waals surface area contributed by atoms with Gasteiger partial charge in [0.15, 0.2) is 0 Å². The first-order chi connectivity index (χ1) is 7.67. The Bertz CT molecular complexity index is 363. The van der Waals surface area contributed by atoms with Crippen LogP contribution in [0.1, 0.15) is 18.9 Å². The zero-order valence-corrected chi connectivity index (χ0v) is 10.6. The third kappa shape index (κ3) is 3.87. The van der Waals surface area contributed by atoms with Crippen LogP contribution in [0.25, 0.3) is 0 Å². The summed E-state index contributed by atoms with van der Waals surface area (Å²) in [7, 11) is 1.90. The van der Waals surface area contributed by atoms with Gasteiger partial charge in [-0.25, -0.2) is 0 Å². The Morgan fingerprint density at radius 2 is 2.25 bits per heavy atom. The van der Waals surface area contributed by atoms with E-state index in [4.69, 9.17) is 16.3 Å². The highest BCUT2D eigenvalue weighted by Gasteiger charge is 2.04. The molecule has 0 aliphatic carbocycles. The number of ether oxygens (including phenoxy) is 1. The fraction of sp³-hybridized carbons (Fsp3) is 0.385. The monoisotopic (exact) mass is 239 g/mol. The predicted molar refractivity (Wildman–Crippen MR) is 69.1 cm³/mol. The van der Waals surface area contributed by atoms with E-state index in [9.17, 15) is 0 Å². The summed E-state index contributed by atoms with van der Waals surface area (Å²) in [6, 6.07) is 5.66. The van der Waals surface area contributed by atoms with Crippen LogP contribution in [0.5, 0.6) is 5.75 Å². The van der Waals surface area contributed by atoms with Crippen molar-refractivity contribution in [1.82, 2.24) is 5.32 Å². The number of rotatable bonds is 6. The largest absolute Gasteiger partial charge is 0.489 e. The maximum atomic E-state index is 5.94. The van der Waals surface area contributed by atoms with Crippen molar-refractivity contribution in [2.45, 2.75) is 19.9 Å². The van der Waals surface area contributed by atoms with Gasteiger partial charge >= 0.3 is 0 Å². The molecule has 1 N–H and O–H groups in total. The number of hydrogen-bond acceptors (Lipinski definition) is 2. The fourth-order valence-electron chi connectivity index (χ4n) is 1.30. The SMILES string of the molecule is C=C(CC)COc1ccc(Cl)cc1CNC. The molecule has 2 nitrogen and oxygen atoms in total. The normalized spacial score (nSPS) is 10.2. The molecule has 0 bridgehead atoms. The van der Waals surface area contributed by atoms with Crippen LogP contribution >= 0.6 is 11.6 Å². The lowest BCUT2D eigenvalue weighted by atomic mass is 10.2. The summed E-state index contributed by atoms with van der Waals surface area (Å²) in [5, 5.41) is 3.82. The molecule has 1 aromatic rings. The Labute approximate surface area is 102 Å². The maximum absolute atomic E-state index is 5.94. The second-order valence-electron chi connectivity index (χ2n) is 3.67. The van der Waals surface area contributed by atoms with Crippen molar-refractivity contribution in [1.29, 1.82) is 0 Å². The molecular formula is C13H18ClNO. The molecule has 0 amide bonds. The van der Waals surface area contributed by atoms with E-state index in [1.807, 2.05) is 25.2 Å². The maximum Gasteiger partial charge on any atom is 0.124 e. The van der Waals surface area contributed by atoms with Gasteiger partial charge in [0.1, 0.15) is 12.4 Å². The third-order valence-corrected chi connectivity index (χ3v) is 2.56. The molecule has 0 atom stereocenters. The van der Waals surface area contributed by atoms with Crippen molar-refractivity contribution in [2.24, 2.45) is 0 Å². The average molecular weight is 240 g/mol. The van der Waals surface area contributed by atoms with E-state index < -0.39 is 0 Å². The summed E-state index contributed by atoms with van der Waals surface area (Å²) in [5.74, 6) is 0.869. The van der Waals surface area contributed by atoms with Gasteiger partial charge in [0.2, 0.25) is 0 Å². The van der Waals surface area contributed by atoms with Crippen LogP contribution in [-0.4, -0.2) is 13.7 Å². The summed E-state index contributed by atoms with van der Waals surface area (Å²) in [4.78, 5) is 0. The van der Waals surface area contributed by atoms with Crippen LogP contribution in [-0.2, 0) is 6.54 Å². The van der Waals surface area contributed by atoms with Crippen molar-refractivity contribution in [3.8, 4) is 5.75 Å². The Kier molecular flexibility index (Phi) is 5.36. The quantitative estimate of drug-likeness (QED) is 0.769. The molecule has 0 saturated heterocycles. The molecule has 0 aliphatic rings. The number of halogens is 1. The molecule has 0 fully saturated rings. The van der Waals surface area contributed by atoms with Crippen LogP contribution < -0.4 is 10.1 Å². The minimum absolute atomic E-state index is 0.564. The van der Waals surface area contributed by atoms with E-state index in [1.54, 1.807) is 0 Å². The molecule has 0 unspecified atom stereocenters. The van der Waals surface area contributed by atoms with Gasteiger partial charge in [0.25, 0.3) is 0 Å². The lowest BCUT2D eigenvalue weighted by Crippen LogP contribution is -2.08. The Hall–Kier alpha value is -0.990. The van der Waals surface area contributed by atoms with Gasteiger partial charge in [-0.2, -0.15) is 0 Å². The standard InChI is InChI=1S/C13H18ClNO/c1-4-10(2)9-16-13-6-5-12(14)7-11(13)8-15-3/h5-7,15H,2,4,8-9H2,1,3H3. The van der Waals surface area contributed by atoms with Gasteiger partial charge in [0.05, 0.1) is 0 Å². The highest BCUT2D eigenvalue weighted by atomic mass is 35.5. The van der Waals surface area contributed by atoms with Crippen LogP contribution in [0, 0.1) is 0 Å². The number of nitrogens with one attached hydrogen (secondary N) is 1. The van der Waals surface area contributed by atoms with Gasteiger partial charge < -0.3 is 10.1 Å². The van der Waals surface area contributed by atoms with Crippen molar-refractivity contribution in [2.75, 3.05) is 13.7 Å². The first kappa shape index (κ1) is 13.1. The fourth-order valence-corrected chi connectivity index (χ4v) is 1.49. The minimum Gasteiger partial charge on any atom is -0.489 e. The molecule has 1 rings (SSSR count). The summed E-state index contributed by atoms with van der Waals surface area (Å²) >= 11 is 5.94. The van der Waals surface area contributed by atoms with Gasteiger partial charge in [-0.05, 0) is 37.2 Å². The zero-order chi connectivity index (χ0) is 12.0. The van der Waals surface area contributed by atoms with Gasteiger partial charge in [0, 0.05) is 17.1 Å². The Balaban J connectivity index is 2.73. The van der Waals surface area contributed by atoms with E-state index in [1.165, 1.54) is 0 Å². The molecule has 88 valence electrons. The predicted octanol–water partition coefficient (Wildman–Crippen LogP) is 3.40. The van der Waals surface area contributed by atoms with E-state index in [2.05, 4.69) is 18.8 Å². The van der Waals surface area contributed by atoms with Gasteiger partial charge in [-0.3, -0.25) is 0 Å². The molecule has 3 heteroatoms. The molecular weight excluding hydrogens is 222 g/mol. The van der Waals surface area contributed by atoms with Crippen molar-refractivity contribution < 1.29 is 4.74 Å². The molecule has 0 aromatic heterocycles. The first-order valence-electron chi connectivity index (χ1n) is 5.39. The smallest absolute Gasteiger partial charge is 0.124 e. The van der Waals surface area contributed by atoms with Crippen LogP contribution in [0.2, 0.25) is 5.02 Å². The molecule has 0 aliphatic heterocycles. The topological polar surface area (TPSA) is 21.3 Å². The van der Waals surface area contributed by atoms with Gasteiger partial charge in [-0.15, -0.1) is 0 Å². The van der Waals surface area contributed by atoms with Crippen LogP contribution in [0.3, 0.4) is 0 Å². The zero-order valence-electron chi connectivity index (χ0n) is 9.85. The highest BCUT2D eigenvalue weighted by Crippen LogP contribution is 2.23. The molecule has 1 aromatic carbocycles. The number of benzene rings is 1. The van der Waals surface area contributed by atoms with Gasteiger partial charge in [-0.1, -0.05) is 25.1 Å². The van der Waals surface area contributed by atoms with Crippen molar-refractivity contribution in [3.05, 3.63) is 40.9 Å². The summed E-state index contributed by atoms with van der Waals surface area (Å²) in [5.41, 5.74) is 2.16. The summed E-state index contributed by atoms with van der Waals surface area (Å²) in [6.45, 7) is 7.30. The first-order valence-corrected chi connectivity index (χ1v) is 5.77. The molecule has 0 radical (unpaired) electrons. The van der Waals surface area contributed by atoms with E-state index >= 15 is 0 Å². The van der Waals surface area contributed by atoms with Crippen LogP contribution in [0.4, 0.5) is 0 Å². The van der Waals surface area contributed by atoms with Crippen molar-refractivity contribution >= 4 is 11.6 Å². The molecule has 0 heterocycles. The lowest BCUT2D eigenvalue weighted by Gasteiger charge is -2.12. The van der Waals surface area contributed by atoms with Crippen molar-refractivity contribution in [3.63, 3.8) is 0 Å². The number of hydrogen-bond donors (Lipinski definition) is 1. The van der Waals surface area contributed by atoms with E-state index in [0.717, 1.165) is 34.9 Å². The highest BCUT2D eigenvalue weighted by molar-refractivity contribution is 6.30. The Morgan fingerprint density at radius 1 is 1.50 bits per heavy atom. The summed E-state index contributed by atoms with van der Waals surface area (Å²) < 4.78 is 5.70. The second-order valence-corrected chi connectivity index (χ2v) is 4.11. The third-order valence-electron chi connectivity index (χ3n) is 2.32. The molecule has 0 saturated carbocycles. The van der Waals surface area contributed by atoms with Crippen LogP contribution in [0.15, 0.2) is 30.4 Å². The van der Waals surface area contributed by atoms with E-state index in [0.29, 0.717) is 6.61 Å². The molecule has 16 heavy (non-hydrogen) atoms. The Morgan fingerprint density at radius 3 is 2.88 bits per heavy atom. The minimum atomic E-state index is 0.564. The molecule has 0 spiro atoms. The van der Waals surface area contributed by atoms with E-state index in [-0.39, 0.29) is 0 Å². The summed E-state index contributed by atoms with van der Waals surface area (Å²) in [6.07, 6.45) is 0.939. The second kappa shape index (κ2) is 6.56. The lowest BCUT2D eigenvalue weighted by molar-refractivity contribution is 0.344. The average Bonchev–Trinajstić information content (AvgIpc) is 2.28.